The number of phosphoric ester groups is 2. The van der Waals surface area contributed by atoms with Crippen LogP contribution in [-0.2, 0) is 65.4 Å². The molecule has 0 aliphatic heterocycles. The number of hydrogen-bond acceptors (Lipinski definition) is 15. The van der Waals surface area contributed by atoms with E-state index in [1.807, 2.05) is 0 Å². The van der Waals surface area contributed by atoms with Gasteiger partial charge in [0, 0.05) is 25.7 Å². The van der Waals surface area contributed by atoms with Gasteiger partial charge < -0.3 is 33.8 Å². The summed E-state index contributed by atoms with van der Waals surface area (Å²) in [5, 5.41) is 10.7. The maximum atomic E-state index is 13.1. The fourth-order valence-electron chi connectivity index (χ4n) is 13.1. The summed E-state index contributed by atoms with van der Waals surface area (Å²) in [5.74, 6) is -0.645. The topological polar surface area (TPSA) is 237 Å². The molecule has 0 spiro atoms. The molecule has 0 aromatic carbocycles. The van der Waals surface area contributed by atoms with Crippen LogP contribution in [0.15, 0.2) is 0 Å². The highest BCUT2D eigenvalue weighted by molar-refractivity contribution is 7.47. The van der Waals surface area contributed by atoms with E-state index >= 15 is 0 Å². The molecular formula is C84H164O17P2. The maximum Gasteiger partial charge on any atom is 0.472 e. The molecule has 0 aliphatic rings. The molecule has 5 atom stereocenters. The van der Waals surface area contributed by atoms with Gasteiger partial charge in [0.15, 0.2) is 12.2 Å². The summed E-state index contributed by atoms with van der Waals surface area (Å²) in [6.45, 7) is 9.59. The average Bonchev–Trinajstić information content (AvgIpc) is 0.919. The van der Waals surface area contributed by atoms with Crippen molar-refractivity contribution in [3.8, 4) is 0 Å². The first kappa shape index (κ1) is 101. The van der Waals surface area contributed by atoms with Crippen LogP contribution in [0.5, 0.6) is 0 Å². The second-order valence-electron chi connectivity index (χ2n) is 31.2. The first-order valence-corrected chi connectivity index (χ1v) is 46.5. The monoisotopic (exact) mass is 1510 g/mol. The fourth-order valence-corrected chi connectivity index (χ4v) is 14.6. The van der Waals surface area contributed by atoms with Crippen LogP contribution in [0.2, 0.25) is 0 Å². The van der Waals surface area contributed by atoms with Crippen molar-refractivity contribution in [2.75, 3.05) is 39.6 Å². The van der Waals surface area contributed by atoms with E-state index in [2.05, 4.69) is 41.5 Å². The Hall–Kier alpha value is -1.94. The molecule has 17 nitrogen and oxygen atoms in total. The maximum absolute atomic E-state index is 13.1. The number of unbranched alkanes of at least 4 members (excludes halogenated alkanes) is 53. The van der Waals surface area contributed by atoms with Gasteiger partial charge in [-0.05, 0) is 37.5 Å². The van der Waals surface area contributed by atoms with Crippen molar-refractivity contribution in [1.82, 2.24) is 0 Å². The molecule has 19 heteroatoms. The minimum atomic E-state index is -4.96. The number of esters is 4. The van der Waals surface area contributed by atoms with E-state index in [0.29, 0.717) is 25.7 Å². The van der Waals surface area contributed by atoms with Crippen molar-refractivity contribution in [3.63, 3.8) is 0 Å². The first-order chi connectivity index (χ1) is 49.9. The Kier molecular flexibility index (Phi) is 74.1. The summed E-state index contributed by atoms with van der Waals surface area (Å²) >= 11 is 0. The molecule has 3 N–H and O–H groups in total. The minimum Gasteiger partial charge on any atom is -0.462 e. The molecule has 0 bridgehead atoms. The minimum absolute atomic E-state index is 0.105. The number of ether oxygens (including phenoxy) is 4. The van der Waals surface area contributed by atoms with Gasteiger partial charge in [-0.25, -0.2) is 9.13 Å². The molecule has 0 radical (unpaired) electrons. The van der Waals surface area contributed by atoms with Gasteiger partial charge in [0.25, 0.3) is 0 Å². The molecule has 0 saturated heterocycles. The van der Waals surface area contributed by atoms with Crippen LogP contribution >= 0.6 is 15.6 Å². The zero-order valence-corrected chi connectivity index (χ0v) is 69.4. The molecule has 0 heterocycles. The number of rotatable bonds is 83. The van der Waals surface area contributed by atoms with E-state index < -0.39 is 97.5 Å². The third-order valence-electron chi connectivity index (χ3n) is 19.7. The van der Waals surface area contributed by atoms with Crippen LogP contribution in [0.1, 0.15) is 446 Å². The van der Waals surface area contributed by atoms with Crippen LogP contribution in [0.25, 0.3) is 0 Å². The summed E-state index contributed by atoms with van der Waals surface area (Å²) < 4.78 is 68.8. The van der Waals surface area contributed by atoms with Gasteiger partial charge in [0.2, 0.25) is 0 Å². The van der Waals surface area contributed by atoms with Gasteiger partial charge in [-0.3, -0.25) is 37.3 Å². The highest BCUT2D eigenvalue weighted by Gasteiger charge is 2.30. The highest BCUT2D eigenvalue weighted by atomic mass is 31.2. The number of aliphatic hydroxyl groups excluding tert-OH is 1. The van der Waals surface area contributed by atoms with Gasteiger partial charge in [0.05, 0.1) is 26.4 Å². The van der Waals surface area contributed by atoms with E-state index in [4.69, 9.17) is 37.0 Å². The number of hydrogen-bond donors (Lipinski definition) is 3. The lowest BCUT2D eigenvalue weighted by Gasteiger charge is -2.21. The Morgan fingerprint density at radius 1 is 0.262 bits per heavy atom. The summed E-state index contributed by atoms with van der Waals surface area (Å²) in [6.07, 6.45) is 66.9. The van der Waals surface area contributed by atoms with Gasteiger partial charge in [0.1, 0.15) is 19.3 Å². The second kappa shape index (κ2) is 75.5. The molecule has 612 valence electrons. The number of carbonyl (C=O) groups excluding carboxylic acids is 4. The molecule has 0 saturated carbocycles. The fraction of sp³-hybridized carbons (Fsp3) is 0.952. The lowest BCUT2D eigenvalue weighted by molar-refractivity contribution is -0.161. The largest absolute Gasteiger partial charge is 0.472 e. The lowest BCUT2D eigenvalue weighted by Crippen LogP contribution is -2.30. The Labute approximate surface area is 632 Å². The molecule has 2 unspecified atom stereocenters. The molecule has 103 heavy (non-hydrogen) atoms. The van der Waals surface area contributed by atoms with Crippen molar-refractivity contribution < 1.29 is 80.2 Å². The third kappa shape index (κ3) is 78.0. The van der Waals surface area contributed by atoms with Crippen molar-refractivity contribution >= 4 is 39.5 Å². The van der Waals surface area contributed by atoms with E-state index in [1.54, 1.807) is 0 Å². The van der Waals surface area contributed by atoms with Gasteiger partial charge in [-0.15, -0.1) is 0 Å². The molecule has 0 rings (SSSR count). The number of aliphatic hydroxyl groups is 1. The normalized spacial score (nSPS) is 13.9. The van der Waals surface area contributed by atoms with E-state index in [1.165, 1.54) is 263 Å². The molecule has 0 aliphatic carbocycles. The SMILES string of the molecule is CCCCCCCCCCCCCCCCCCCCCCCC(=O)O[C@H](COC(=O)CCCCCCCCCCCCCCCCCCCCC)COP(=O)(O)OC[C@@H](O)COP(=O)(O)OC[C@@H](COC(=O)CCCCCCCCCCC(C)C)OC(=O)CCCCCCCCCCCC(C)C. The van der Waals surface area contributed by atoms with Gasteiger partial charge in [-0.2, -0.15) is 0 Å². The zero-order chi connectivity index (χ0) is 75.6. The van der Waals surface area contributed by atoms with E-state index in [9.17, 15) is 43.2 Å². The van der Waals surface area contributed by atoms with Crippen molar-refractivity contribution in [3.05, 3.63) is 0 Å². The van der Waals surface area contributed by atoms with Gasteiger partial charge in [-0.1, -0.05) is 395 Å². The summed E-state index contributed by atoms with van der Waals surface area (Å²) in [4.78, 5) is 73.1. The predicted molar refractivity (Wildman–Crippen MR) is 423 cm³/mol. The van der Waals surface area contributed by atoms with E-state index in [0.717, 1.165) is 102 Å². The van der Waals surface area contributed by atoms with Crippen LogP contribution in [0.3, 0.4) is 0 Å². The Morgan fingerprint density at radius 2 is 0.447 bits per heavy atom. The van der Waals surface area contributed by atoms with Crippen LogP contribution in [0, 0.1) is 11.8 Å². The van der Waals surface area contributed by atoms with Gasteiger partial charge >= 0.3 is 39.5 Å². The van der Waals surface area contributed by atoms with Crippen molar-refractivity contribution in [1.29, 1.82) is 0 Å². The lowest BCUT2D eigenvalue weighted by atomic mass is 10.0. The number of phosphoric acid groups is 2. The molecule has 0 amide bonds. The zero-order valence-electron chi connectivity index (χ0n) is 67.6. The van der Waals surface area contributed by atoms with Crippen LogP contribution < -0.4 is 0 Å². The van der Waals surface area contributed by atoms with Crippen molar-refractivity contribution in [2.24, 2.45) is 11.8 Å². The Balaban J connectivity index is 5.22. The molecular weight excluding hydrogens is 1340 g/mol. The second-order valence-corrected chi connectivity index (χ2v) is 34.1. The van der Waals surface area contributed by atoms with E-state index in [-0.39, 0.29) is 25.7 Å². The highest BCUT2D eigenvalue weighted by Crippen LogP contribution is 2.45. The average molecular weight is 1510 g/mol. The predicted octanol–water partition coefficient (Wildman–Crippen LogP) is 25.5. The van der Waals surface area contributed by atoms with Crippen LogP contribution in [-0.4, -0.2) is 96.7 Å². The first-order valence-electron chi connectivity index (χ1n) is 43.5. The number of carbonyl (C=O) groups is 4. The summed E-state index contributed by atoms with van der Waals surface area (Å²) in [6, 6.07) is 0. The summed E-state index contributed by atoms with van der Waals surface area (Å²) in [7, 11) is -9.92. The Morgan fingerprint density at radius 3 is 0.660 bits per heavy atom. The smallest absolute Gasteiger partial charge is 0.462 e. The third-order valence-corrected chi connectivity index (χ3v) is 21.6. The molecule has 0 fully saturated rings. The quantitative estimate of drug-likeness (QED) is 0.0222. The van der Waals surface area contributed by atoms with Crippen molar-refractivity contribution in [2.45, 2.75) is 464 Å². The summed E-state index contributed by atoms with van der Waals surface area (Å²) in [5.41, 5.74) is 0. The standard InChI is InChI=1S/C84H164O17P2/c1-7-9-11-13-15-17-19-21-23-25-27-28-30-32-34-36-38-42-50-56-62-68-83(88)100-79(72-94-81(86)66-60-54-48-41-37-35-33-31-29-26-24-22-20-18-16-14-12-10-8-2)74-98-102(90,91)96-70-78(85)71-97-103(92,93)99-75-80(73-95-82(87)67-61-55-49-45-44-47-53-59-65-77(5)6)101-84(89)69-63-57-51-43-39-40-46-52-58-64-76(3)4/h76-80,85H,7-75H2,1-6H3,(H,90,91)(H,92,93)/t78-,79-,80-/m1/s1. The van der Waals surface area contributed by atoms with Crippen LogP contribution in [0.4, 0.5) is 0 Å². The molecule has 0 aromatic heterocycles. The Bertz CT molecular complexity index is 1980. The molecule has 0 aromatic rings.